The summed E-state index contributed by atoms with van der Waals surface area (Å²) in [4.78, 5) is 0. The molecule has 0 aliphatic rings. The van der Waals surface area contributed by atoms with Crippen molar-refractivity contribution in [2.45, 2.75) is 25.2 Å². The minimum absolute atomic E-state index is 0.0522. The maximum absolute atomic E-state index is 12.9. The number of nitrogens with zero attached hydrogens (tertiary/aromatic N) is 4. The van der Waals surface area contributed by atoms with Crippen molar-refractivity contribution < 1.29 is 26.3 Å². The highest BCUT2D eigenvalue weighted by Crippen LogP contribution is 2.30. The molecular formula is C16H13F6N5. The van der Waals surface area contributed by atoms with Crippen LogP contribution in [0.1, 0.15) is 29.8 Å². The van der Waals surface area contributed by atoms with Crippen molar-refractivity contribution in [3.8, 4) is 0 Å². The number of alkyl halides is 6. The monoisotopic (exact) mass is 389 g/mol. The van der Waals surface area contributed by atoms with Gasteiger partial charge < -0.3 is 5.32 Å². The summed E-state index contributed by atoms with van der Waals surface area (Å²) in [5, 5.41) is 13.2. The van der Waals surface area contributed by atoms with Gasteiger partial charge in [0.05, 0.1) is 5.56 Å². The SMILES string of the molecule is CC(CNc1ccc2nnc(C(F)(F)F)n2n1)c1ccc(C(F)(F)F)cc1. The molecule has 3 aromatic rings. The second-order valence-electron chi connectivity index (χ2n) is 5.91. The standard InChI is InChI=1S/C16H13F6N5/c1-9(10-2-4-11(5-3-10)15(17,18)19)8-23-12-6-7-13-24-25-14(16(20,21)22)27(13)26-12/h2-7,9H,8H2,1H3,(H,23,26). The molecule has 2 aromatic heterocycles. The molecule has 0 aliphatic heterocycles. The smallest absolute Gasteiger partial charge is 0.368 e. The summed E-state index contributed by atoms with van der Waals surface area (Å²) in [5.41, 5.74) is -0.147. The van der Waals surface area contributed by atoms with Gasteiger partial charge in [0, 0.05) is 6.54 Å². The Morgan fingerprint density at radius 2 is 1.59 bits per heavy atom. The lowest BCUT2D eigenvalue weighted by molar-refractivity contribution is -0.146. The van der Waals surface area contributed by atoms with Gasteiger partial charge in [-0.15, -0.1) is 15.3 Å². The number of fused-ring (bicyclic) bond motifs is 1. The first kappa shape index (κ1) is 18.9. The summed E-state index contributed by atoms with van der Waals surface area (Å²) < 4.78 is 77.0. The average Bonchev–Trinajstić information content (AvgIpc) is 3.02. The molecule has 0 aliphatic carbocycles. The van der Waals surface area contributed by atoms with Crippen LogP contribution in [0.2, 0.25) is 0 Å². The van der Waals surface area contributed by atoms with E-state index in [9.17, 15) is 26.3 Å². The van der Waals surface area contributed by atoms with Gasteiger partial charge in [0.2, 0.25) is 0 Å². The first-order valence-corrected chi connectivity index (χ1v) is 7.76. The minimum Gasteiger partial charge on any atom is -0.368 e. The molecule has 0 saturated heterocycles. The molecule has 0 spiro atoms. The summed E-state index contributed by atoms with van der Waals surface area (Å²) >= 11 is 0. The van der Waals surface area contributed by atoms with Crippen LogP contribution < -0.4 is 5.32 Å². The Morgan fingerprint density at radius 1 is 0.926 bits per heavy atom. The number of aromatic nitrogens is 4. The number of rotatable bonds is 4. The van der Waals surface area contributed by atoms with Crippen molar-refractivity contribution >= 4 is 11.5 Å². The van der Waals surface area contributed by atoms with E-state index < -0.39 is 23.7 Å². The van der Waals surface area contributed by atoms with E-state index in [2.05, 4.69) is 20.6 Å². The maximum atomic E-state index is 12.9. The number of hydrogen-bond acceptors (Lipinski definition) is 4. The minimum atomic E-state index is -4.70. The third-order valence-electron chi connectivity index (χ3n) is 3.91. The molecule has 144 valence electrons. The fourth-order valence-corrected chi connectivity index (χ4v) is 2.44. The molecular weight excluding hydrogens is 376 g/mol. The van der Waals surface area contributed by atoms with Crippen molar-refractivity contribution in [2.24, 2.45) is 0 Å². The largest absolute Gasteiger partial charge is 0.453 e. The molecule has 27 heavy (non-hydrogen) atoms. The zero-order valence-corrected chi connectivity index (χ0v) is 13.8. The van der Waals surface area contributed by atoms with Crippen LogP contribution >= 0.6 is 0 Å². The molecule has 1 aromatic carbocycles. The van der Waals surface area contributed by atoms with Gasteiger partial charge in [-0.05, 0) is 35.7 Å². The highest BCUT2D eigenvalue weighted by Gasteiger charge is 2.37. The van der Waals surface area contributed by atoms with Gasteiger partial charge in [-0.1, -0.05) is 19.1 Å². The predicted molar refractivity (Wildman–Crippen MR) is 84.1 cm³/mol. The maximum Gasteiger partial charge on any atom is 0.453 e. The fourth-order valence-electron chi connectivity index (χ4n) is 2.44. The second kappa shape index (κ2) is 6.71. The van der Waals surface area contributed by atoms with Crippen molar-refractivity contribution in [1.82, 2.24) is 19.8 Å². The van der Waals surface area contributed by atoms with Gasteiger partial charge in [-0.3, -0.25) is 0 Å². The van der Waals surface area contributed by atoms with Crippen LogP contribution in [-0.4, -0.2) is 26.4 Å². The van der Waals surface area contributed by atoms with Crippen LogP contribution in [0.4, 0.5) is 32.2 Å². The molecule has 1 N–H and O–H groups in total. The second-order valence-corrected chi connectivity index (χ2v) is 5.91. The number of halogens is 6. The Hall–Kier alpha value is -2.85. The third-order valence-corrected chi connectivity index (χ3v) is 3.91. The van der Waals surface area contributed by atoms with E-state index in [-0.39, 0.29) is 23.9 Å². The van der Waals surface area contributed by atoms with E-state index in [4.69, 9.17) is 0 Å². The molecule has 11 heteroatoms. The average molecular weight is 389 g/mol. The van der Waals surface area contributed by atoms with Crippen LogP contribution in [0.3, 0.4) is 0 Å². The molecule has 2 heterocycles. The number of hydrogen-bond donors (Lipinski definition) is 1. The molecule has 0 amide bonds. The summed E-state index contributed by atoms with van der Waals surface area (Å²) in [6.07, 6.45) is -9.10. The third kappa shape index (κ3) is 4.12. The van der Waals surface area contributed by atoms with Crippen LogP contribution in [0.5, 0.6) is 0 Å². The van der Waals surface area contributed by atoms with E-state index in [1.54, 1.807) is 6.92 Å². The van der Waals surface area contributed by atoms with E-state index in [1.807, 2.05) is 0 Å². The summed E-state index contributed by atoms with van der Waals surface area (Å²) in [6, 6.07) is 7.50. The van der Waals surface area contributed by atoms with Gasteiger partial charge in [-0.25, -0.2) is 0 Å². The van der Waals surface area contributed by atoms with E-state index >= 15 is 0 Å². The first-order chi connectivity index (χ1) is 12.6. The Balaban J connectivity index is 1.72. The van der Waals surface area contributed by atoms with Crippen molar-refractivity contribution in [3.05, 3.63) is 53.3 Å². The quantitative estimate of drug-likeness (QED) is 0.673. The lowest BCUT2D eigenvalue weighted by Crippen LogP contribution is -2.15. The topological polar surface area (TPSA) is 55.1 Å². The molecule has 1 atom stereocenters. The fraction of sp³-hybridized carbons (Fsp3) is 0.312. The predicted octanol–water partition coefficient (Wildman–Crippen LogP) is 4.38. The van der Waals surface area contributed by atoms with Gasteiger partial charge in [0.1, 0.15) is 5.82 Å². The van der Waals surface area contributed by atoms with E-state index in [1.165, 1.54) is 24.3 Å². The summed E-state index contributed by atoms with van der Waals surface area (Å²) in [7, 11) is 0. The number of benzene rings is 1. The van der Waals surface area contributed by atoms with Crippen LogP contribution in [0, 0.1) is 0 Å². The zero-order chi connectivity index (χ0) is 19.8. The van der Waals surface area contributed by atoms with Crippen molar-refractivity contribution in [1.29, 1.82) is 0 Å². The molecule has 5 nitrogen and oxygen atoms in total. The van der Waals surface area contributed by atoms with Crippen LogP contribution in [-0.2, 0) is 12.4 Å². The van der Waals surface area contributed by atoms with E-state index in [0.29, 0.717) is 10.1 Å². The normalized spacial score (nSPS) is 13.7. The number of nitrogens with one attached hydrogen (secondary N) is 1. The molecule has 1 unspecified atom stereocenters. The van der Waals surface area contributed by atoms with Crippen LogP contribution in [0.25, 0.3) is 5.65 Å². The van der Waals surface area contributed by atoms with Gasteiger partial charge >= 0.3 is 12.4 Å². The Morgan fingerprint density at radius 3 is 2.19 bits per heavy atom. The Bertz CT molecular complexity index is 929. The Kier molecular flexibility index (Phi) is 4.70. The number of anilines is 1. The lowest BCUT2D eigenvalue weighted by Gasteiger charge is -2.15. The first-order valence-electron chi connectivity index (χ1n) is 7.76. The van der Waals surface area contributed by atoms with Gasteiger partial charge in [-0.2, -0.15) is 30.9 Å². The Labute approximate surface area is 149 Å². The highest BCUT2D eigenvalue weighted by atomic mass is 19.4. The molecule has 0 saturated carbocycles. The van der Waals surface area contributed by atoms with E-state index in [0.717, 1.165) is 12.1 Å². The lowest BCUT2D eigenvalue weighted by atomic mass is 9.99. The molecule has 3 rings (SSSR count). The van der Waals surface area contributed by atoms with Gasteiger partial charge in [0.15, 0.2) is 5.65 Å². The zero-order valence-electron chi connectivity index (χ0n) is 13.8. The van der Waals surface area contributed by atoms with Crippen molar-refractivity contribution in [3.63, 3.8) is 0 Å². The summed E-state index contributed by atoms with van der Waals surface area (Å²) in [6.45, 7) is 2.03. The van der Waals surface area contributed by atoms with Crippen molar-refractivity contribution in [2.75, 3.05) is 11.9 Å². The molecule has 0 fully saturated rings. The molecule has 0 bridgehead atoms. The van der Waals surface area contributed by atoms with Crippen LogP contribution in [0.15, 0.2) is 36.4 Å². The molecule has 0 radical (unpaired) electrons. The van der Waals surface area contributed by atoms with Gasteiger partial charge in [0.25, 0.3) is 5.82 Å². The highest BCUT2D eigenvalue weighted by molar-refractivity contribution is 5.44. The summed E-state index contributed by atoms with van der Waals surface area (Å²) in [5.74, 6) is -1.28.